The van der Waals surface area contributed by atoms with E-state index >= 15 is 0 Å². The summed E-state index contributed by atoms with van der Waals surface area (Å²) >= 11 is 6.60. The zero-order valence-electron chi connectivity index (χ0n) is 24.0. The van der Waals surface area contributed by atoms with Crippen molar-refractivity contribution in [3.8, 4) is 11.3 Å². The van der Waals surface area contributed by atoms with Crippen molar-refractivity contribution in [2.45, 2.75) is 63.5 Å². The van der Waals surface area contributed by atoms with Crippen LogP contribution in [0.4, 0.5) is 0 Å². The lowest BCUT2D eigenvalue weighted by atomic mass is 9.81. The number of carboxylic acid groups (broad SMARTS) is 1. The minimum absolute atomic E-state index is 0.0691. The van der Waals surface area contributed by atoms with Crippen LogP contribution in [0.2, 0.25) is 5.02 Å². The number of carbonyl (C=O) groups is 2. The van der Waals surface area contributed by atoms with E-state index in [2.05, 4.69) is 9.47 Å². The van der Waals surface area contributed by atoms with Gasteiger partial charge in [0, 0.05) is 59.3 Å². The van der Waals surface area contributed by atoms with Crippen molar-refractivity contribution in [3.63, 3.8) is 0 Å². The van der Waals surface area contributed by atoms with Crippen LogP contribution in [0.3, 0.4) is 0 Å². The zero-order valence-corrected chi connectivity index (χ0v) is 24.7. The molecule has 2 aromatic carbocycles. The highest BCUT2D eigenvalue weighted by molar-refractivity contribution is 6.31. The summed E-state index contributed by atoms with van der Waals surface area (Å²) in [5.74, 6) is -0.491. The van der Waals surface area contributed by atoms with Crippen molar-refractivity contribution in [1.29, 1.82) is 0 Å². The molecule has 7 nitrogen and oxygen atoms in total. The van der Waals surface area contributed by atoms with Crippen LogP contribution in [0, 0.1) is 0 Å². The van der Waals surface area contributed by atoms with E-state index in [4.69, 9.17) is 16.3 Å². The lowest BCUT2D eigenvalue weighted by Gasteiger charge is -2.40. The van der Waals surface area contributed by atoms with Gasteiger partial charge in [0.15, 0.2) is 0 Å². The van der Waals surface area contributed by atoms with Gasteiger partial charge in [0.25, 0.3) is 5.91 Å². The summed E-state index contributed by atoms with van der Waals surface area (Å²) in [6.07, 6.45) is 9.84. The number of hydrogen-bond acceptors (Lipinski definition) is 4. The Kier molecular flexibility index (Phi) is 7.59. The number of carbonyl (C=O) groups excluding carboxylic acids is 1. The number of halogens is 1. The predicted molar refractivity (Wildman–Crippen MR) is 165 cm³/mol. The lowest BCUT2D eigenvalue weighted by Crippen LogP contribution is -2.50. The van der Waals surface area contributed by atoms with Crippen molar-refractivity contribution in [1.82, 2.24) is 14.4 Å². The average Bonchev–Trinajstić information content (AvgIpc) is 3.25. The van der Waals surface area contributed by atoms with Crippen molar-refractivity contribution in [2.75, 3.05) is 39.4 Å². The standard InChI is InChI=1S/C34H38ClN3O4/c35-26-8-6-23-18-25(33(39)37-12-10-27(11-13-37)36-14-16-42-17-15-36)21-38-30-19-24(34(40)41)7-9-28(30)31(32(38)29(23)20-26)22-4-2-1-3-5-22/h6-9,18-20,22,27H,1-5,10-17,21H2,(H,40,41). The van der Waals surface area contributed by atoms with Gasteiger partial charge in [-0.25, -0.2) is 4.79 Å². The van der Waals surface area contributed by atoms with Crippen molar-refractivity contribution in [3.05, 3.63) is 63.7 Å². The molecular weight excluding hydrogens is 550 g/mol. The Morgan fingerprint density at radius 3 is 2.40 bits per heavy atom. The Morgan fingerprint density at radius 1 is 0.905 bits per heavy atom. The second-order valence-corrected chi connectivity index (χ2v) is 12.7. The maximum Gasteiger partial charge on any atom is 0.335 e. The number of likely N-dealkylation sites (tertiary alicyclic amines) is 1. The molecule has 2 saturated heterocycles. The highest BCUT2D eigenvalue weighted by Crippen LogP contribution is 2.47. The van der Waals surface area contributed by atoms with E-state index in [9.17, 15) is 14.7 Å². The molecule has 3 fully saturated rings. The average molecular weight is 588 g/mol. The van der Waals surface area contributed by atoms with E-state index in [0.29, 0.717) is 23.5 Å². The molecule has 0 atom stereocenters. The molecular formula is C34H38ClN3O4. The highest BCUT2D eigenvalue weighted by atomic mass is 35.5. The summed E-state index contributed by atoms with van der Waals surface area (Å²) in [4.78, 5) is 30.8. The highest BCUT2D eigenvalue weighted by Gasteiger charge is 2.33. The van der Waals surface area contributed by atoms with Gasteiger partial charge < -0.3 is 19.3 Å². The molecule has 7 rings (SSSR count). The van der Waals surface area contributed by atoms with Gasteiger partial charge in [0.05, 0.1) is 31.0 Å². The number of piperidine rings is 1. The monoisotopic (exact) mass is 587 g/mol. The summed E-state index contributed by atoms with van der Waals surface area (Å²) in [6.45, 7) is 5.38. The number of aromatic carboxylic acids is 1. The number of morpholine rings is 1. The van der Waals surface area contributed by atoms with Crippen LogP contribution in [-0.2, 0) is 16.1 Å². The van der Waals surface area contributed by atoms with E-state index in [1.54, 1.807) is 12.1 Å². The van der Waals surface area contributed by atoms with Gasteiger partial charge in [0.1, 0.15) is 0 Å². The molecule has 42 heavy (non-hydrogen) atoms. The molecule has 1 N–H and O–H groups in total. The third kappa shape index (κ3) is 5.06. The Morgan fingerprint density at radius 2 is 1.67 bits per heavy atom. The first kappa shape index (κ1) is 27.7. The molecule has 0 spiro atoms. The maximum atomic E-state index is 14.2. The fourth-order valence-electron chi connectivity index (χ4n) is 7.74. The Bertz CT molecular complexity index is 1560. The largest absolute Gasteiger partial charge is 0.478 e. The van der Waals surface area contributed by atoms with Crippen LogP contribution in [0.15, 0.2) is 42.0 Å². The van der Waals surface area contributed by atoms with Crippen LogP contribution < -0.4 is 0 Å². The second kappa shape index (κ2) is 11.5. The minimum atomic E-state index is -0.946. The number of ether oxygens (including phenoxy) is 1. The van der Waals surface area contributed by atoms with Gasteiger partial charge in [-0.05, 0) is 73.1 Å². The summed E-state index contributed by atoms with van der Waals surface area (Å²) < 4.78 is 7.75. The minimum Gasteiger partial charge on any atom is -0.478 e. The van der Waals surface area contributed by atoms with E-state index in [-0.39, 0.29) is 11.5 Å². The van der Waals surface area contributed by atoms with Gasteiger partial charge in [0.2, 0.25) is 0 Å². The molecule has 0 radical (unpaired) electrons. The molecule has 0 unspecified atom stereocenters. The SMILES string of the molecule is O=C(O)c1ccc2c(C3CCCCC3)c3n(c2c1)CC(C(=O)N1CCC(N2CCOCC2)CC1)=Cc1ccc(Cl)cc1-3. The fourth-order valence-corrected chi connectivity index (χ4v) is 7.91. The van der Waals surface area contributed by atoms with E-state index in [1.807, 2.05) is 35.2 Å². The van der Waals surface area contributed by atoms with Crippen LogP contribution in [-0.4, -0.2) is 76.8 Å². The van der Waals surface area contributed by atoms with Gasteiger partial charge in [-0.15, -0.1) is 0 Å². The Hall–Kier alpha value is -3.13. The predicted octanol–water partition coefficient (Wildman–Crippen LogP) is 6.43. The Balaban J connectivity index is 1.30. The number of hydrogen-bond donors (Lipinski definition) is 1. The van der Waals surface area contributed by atoms with Gasteiger partial charge in [-0.2, -0.15) is 0 Å². The number of amides is 1. The van der Waals surface area contributed by atoms with Gasteiger partial charge in [-0.3, -0.25) is 9.69 Å². The molecule has 1 amide bonds. The topological polar surface area (TPSA) is 75.0 Å². The normalized spacial score (nSPS) is 20.6. The molecule has 3 aromatic rings. The zero-order chi connectivity index (χ0) is 28.8. The van der Waals surface area contributed by atoms with E-state index in [0.717, 1.165) is 98.4 Å². The maximum absolute atomic E-state index is 14.2. The van der Waals surface area contributed by atoms with Crippen molar-refractivity contribution in [2.24, 2.45) is 0 Å². The first-order valence-corrected chi connectivity index (χ1v) is 15.9. The van der Waals surface area contributed by atoms with Crippen LogP contribution in [0.5, 0.6) is 0 Å². The summed E-state index contributed by atoms with van der Waals surface area (Å²) in [5.41, 5.74) is 6.24. The lowest BCUT2D eigenvalue weighted by molar-refractivity contribution is -0.129. The van der Waals surface area contributed by atoms with Gasteiger partial charge in [-0.1, -0.05) is 43.0 Å². The second-order valence-electron chi connectivity index (χ2n) is 12.3. The van der Waals surface area contributed by atoms with Crippen LogP contribution >= 0.6 is 11.6 Å². The van der Waals surface area contributed by atoms with Crippen LogP contribution in [0.25, 0.3) is 28.2 Å². The van der Waals surface area contributed by atoms with Gasteiger partial charge >= 0.3 is 5.97 Å². The molecule has 0 bridgehead atoms. The smallest absolute Gasteiger partial charge is 0.335 e. The first-order valence-electron chi connectivity index (χ1n) is 15.5. The molecule has 4 heterocycles. The summed E-state index contributed by atoms with van der Waals surface area (Å²) in [6, 6.07) is 11.9. The number of carboxylic acids is 1. The van der Waals surface area contributed by atoms with E-state index < -0.39 is 5.97 Å². The molecule has 220 valence electrons. The number of aromatic nitrogens is 1. The summed E-state index contributed by atoms with van der Waals surface area (Å²) in [7, 11) is 0. The molecule has 4 aliphatic rings. The Labute approximate surface area is 251 Å². The number of rotatable bonds is 4. The quantitative estimate of drug-likeness (QED) is 0.381. The third-order valence-electron chi connectivity index (χ3n) is 9.88. The van der Waals surface area contributed by atoms with E-state index in [1.165, 1.54) is 24.8 Å². The first-order chi connectivity index (χ1) is 20.5. The molecule has 1 aliphatic carbocycles. The summed E-state index contributed by atoms with van der Waals surface area (Å²) in [5, 5.41) is 11.6. The molecule has 1 aromatic heterocycles. The van der Waals surface area contributed by atoms with Crippen molar-refractivity contribution >= 4 is 40.5 Å². The third-order valence-corrected chi connectivity index (χ3v) is 10.1. The van der Waals surface area contributed by atoms with Crippen LogP contribution in [0.1, 0.15) is 72.3 Å². The number of fused-ring (bicyclic) bond motifs is 5. The number of nitrogens with zero attached hydrogens (tertiary/aromatic N) is 3. The van der Waals surface area contributed by atoms with Crippen molar-refractivity contribution < 1.29 is 19.4 Å². The molecule has 3 aliphatic heterocycles. The fraction of sp³-hybridized carbons (Fsp3) is 0.471. The number of benzene rings is 2. The molecule has 1 saturated carbocycles. The molecule has 8 heteroatoms.